The minimum absolute atomic E-state index is 0.805. The summed E-state index contributed by atoms with van der Waals surface area (Å²) in [4.78, 5) is 30.5. The van der Waals surface area contributed by atoms with Crippen LogP contribution in [0.2, 0.25) is 0 Å². The van der Waals surface area contributed by atoms with Crippen molar-refractivity contribution < 1.29 is 0 Å². The van der Waals surface area contributed by atoms with Gasteiger partial charge in [-0.05, 0) is 154 Å². The maximum atomic E-state index is 4.95. The molecule has 0 unspecified atom stereocenters. The SMILES string of the molecule is c1ccc(N(c2ccc(-c3ccc(-c4cc(-c5ccccn5)nc(-c5ccccn5)c4)cc3)cc2)c2ccc(-c3ccc(-c4cc(-c5ccccn5)nc(-c5ccccn5)c4)cc3)cc2)cc1. The molecular formula is C60H41N7. The summed E-state index contributed by atoms with van der Waals surface area (Å²) in [5, 5.41) is 0. The number of pyridine rings is 6. The van der Waals surface area contributed by atoms with Crippen molar-refractivity contribution in [1.29, 1.82) is 0 Å². The van der Waals surface area contributed by atoms with Gasteiger partial charge in [-0.1, -0.05) is 115 Å². The topological polar surface area (TPSA) is 80.6 Å². The summed E-state index contributed by atoms with van der Waals surface area (Å²) < 4.78 is 0. The molecule has 0 aliphatic carbocycles. The van der Waals surface area contributed by atoms with Gasteiger partial charge in [0.05, 0.1) is 45.6 Å². The molecule has 0 fully saturated rings. The Morgan fingerprint density at radius 3 is 0.746 bits per heavy atom. The largest absolute Gasteiger partial charge is 0.311 e. The van der Waals surface area contributed by atoms with Crippen LogP contribution < -0.4 is 4.90 Å². The van der Waals surface area contributed by atoms with E-state index < -0.39 is 0 Å². The summed E-state index contributed by atoms with van der Waals surface area (Å²) in [6.07, 6.45) is 7.18. The molecule has 11 rings (SSSR count). The Hall–Kier alpha value is -9.20. The number of para-hydroxylation sites is 1. The van der Waals surface area contributed by atoms with E-state index in [1.165, 1.54) is 0 Å². The Morgan fingerprint density at radius 2 is 0.463 bits per heavy atom. The van der Waals surface area contributed by atoms with Crippen LogP contribution >= 0.6 is 0 Å². The molecule has 6 heterocycles. The lowest BCUT2D eigenvalue weighted by molar-refractivity contribution is 1.22. The van der Waals surface area contributed by atoms with Crippen LogP contribution in [0.3, 0.4) is 0 Å². The molecule has 0 aliphatic rings. The van der Waals surface area contributed by atoms with Gasteiger partial charge >= 0.3 is 0 Å². The van der Waals surface area contributed by atoms with E-state index in [0.29, 0.717) is 0 Å². The number of rotatable bonds is 11. The molecule has 0 bridgehead atoms. The number of hydrogen-bond donors (Lipinski definition) is 0. The summed E-state index contributed by atoms with van der Waals surface area (Å²) in [6.45, 7) is 0. The normalized spacial score (nSPS) is 11.0. The highest BCUT2D eigenvalue weighted by Gasteiger charge is 2.15. The smallest absolute Gasteiger partial charge is 0.0900 e. The van der Waals surface area contributed by atoms with Gasteiger partial charge in [0.25, 0.3) is 0 Å². The van der Waals surface area contributed by atoms with E-state index in [4.69, 9.17) is 9.97 Å². The van der Waals surface area contributed by atoms with Gasteiger partial charge in [0.2, 0.25) is 0 Å². The summed E-state index contributed by atoms with van der Waals surface area (Å²) in [6, 6.07) is 77.4. The molecule has 11 aromatic rings. The average molecular weight is 860 g/mol. The zero-order valence-corrected chi connectivity index (χ0v) is 36.3. The standard InChI is InChI=1S/C60H41N7/c1-2-12-50(13-3-1)67(51-30-26-44(27-31-51)42-18-22-46(23-19-42)48-38-57(53-14-4-8-34-61-53)65-58(39-48)54-15-5-9-35-62-54)52-32-28-45(29-33-52)43-20-24-47(25-21-43)49-40-59(55-16-6-10-36-63-55)66-60(41-49)56-17-7-11-37-64-56/h1-41H. The molecule has 0 aliphatic heterocycles. The predicted molar refractivity (Wildman–Crippen MR) is 271 cm³/mol. The second-order valence-corrected chi connectivity index (χ2v) is 16.0. The van der Waals surface area contributed by atoms with Crippen LogP contribution in [0.5, 0.6) is 0 Å². The van der Waals surface area contributed by atoms with E-state index >= 15 is 0 Å². The second-order valence-electron chi connectivity index (χ2n) is 16.0. The molecule has 0 atom stereocenters. The molecule has 7 nitrogen and oxygen atoms in total. The molecule has 0 N–H and O–H groups in total. The van der Waals surface area contributed by atoms with Crippen LogP contribution in [0.1, 0.15) is 0 Å². The Morgan fingerprint density at radius 1 is 0.209 bits per heavy atom. The molecule has 5 aromatic carbocycles. The maximum absolute atomic E-state index is 4.95. The van der Waals surface area contributed by atoms with Crippen LogP contribution in [-0.2, 0) is 0 Å². The summed E-state index contributed by atoms with van der Waals surface area (Å²) in [5.41, 5.74) is 18.5. The van der Waals surface area contributed by atoms with Crippen LogP contribution in [-0.4, -0.2) is 29.9 Å². The molecule has 0 saturated carbocycles. The maximum Gasteiger partial charge on any atom is 0.0900 e. The Kier molecular flexibility index (Phi) is 11.2. The predicted octanol–water partition coefficient (Wildman–Crippen LogP) is 14.9. The van der Waals surface area contributed by atoms with Crippen molar-refractivity contribution in [2.75, 3.05) is 4.90 Å². The fourth-order valence-corrected chi connectivity index (χ4v) is 8.32. The second kappa shape index (κ2) is 18.5. The van der Waals surface area contributed by atoms with Gasteiger partial charge in [-0.15, -0.1) is 0 Å². The first-order valence-electron chi connectivity index (χ1n) is 22.2. The van der Waals surface area contributed by atoms with E-state index in [1.54, 1.807) is 24.8 Å². The molecule has 0 saturated heterocycles. The first kappa shape index (κ1) is 40.6. The fourth-order valence-electron chi connectivity index (χ4n) is 8.32. The lowest BCUT2D eigenvalue weighted by atomic mass is 9.98. The van der Waals surface area contributed by atoms with Crippen LogP contribution in [0, 0.1) is 0 Å². The molecule has 316 valence electrons. The van der Waals surface area contributed by atoms with Crippen LogP contribution in [0.25, 0.3) is 90.1 Å². The third-order valence-electron chi connectivity index (χ3n) is 11.7. The van der Waals surface area contributed by atoms with Crippen LogP contribution in [0.4, 0.5) is 17.1 Å². The van der Waals surface area contributed by atoms with Crippen molar-refractivity contribution in [3.8, 4) is 90.1 Å². The Labute approximate surface area is 389 Å². The average Bonchev–Trinajstić information content (AvgIpc) is 3.42. The molecular weight excluding hydrogens is 819 g/mol. The lowest BCUT2D eigenvalue weighted by Gasteiger charge is -2.26. The van der Waals surface area contributed by atoms with E-state index in [-0.39, 0.29) is 0 Å². The van der Waals surface area contributed by atoms with E-state index in [0.717, 1.165) is 107 Å². The van der Waals surface area contributed by atoms with Crippen molar-refractivity contribution in [3.05, 3.63) is 249 Å². The summed E-state index contributed by atoms with van der Waals surface area (Å²) >= 11 is 0. The molecule has 0 spiro atoms. The molecule has 6 aromatic heterocycles. The summed E-state index contributed by atoms with van der Waals surface area (Å²) in [7, 11) is 0. The quantitative estimate of drug-likeness (QED) is 0.128. The van der Waals surface area contributed by atoms with Gasteiger partial charge in [-0.3, -0.25) is 19.9 Å². The van der Waals surface area contributed by atoms with Crippen molar-refractivity contribution in [1.82, 2.24) is 29.9 Å². The summed E-state index contributed by atoms with van der Waals surface area (Å²) in [5.74, 6) is 0. The zero-order valence-electron chi connectivity index (χ0n) is 36.3. The highest BCUT2D eigenvalue weighted by Crippen LogP contribution is 2.38. The third kappa shape index (κ3) is 8.85. The van der Waals surface area contributed by atoms with Gasteiger partial charge in [-0.2, -0.15) is 0 Å². The Bertz CT molecular complexity index is 3060. The van der Waals surface area contributed by atoms with Gasteiger partial charge in [-0.25, -0.2) is 9.97 Å². The minimum atomic E-state index is 0.805. The van der Waals surface area contributed by atoms with Gasteiger partial charge in [0.1, 0.15) is 0 Å². The van der Waals surface area contributed by atoms with E-state index in [1.807, 2.05) is 72.8 Å². The zero-order chi connectivity index (χ0) is 44.8. The number of nitrogens with zero attached hydrogens (tertiary/aromatic N) is 7. The van der Waals surface area contributed by atoms with Crippen molar-refractivity contribution in [2.45, 2.75) is 0 Å². The van der Waals surface area contributed by atoms with Gasteiger partial charge < -0.3 is 4.90 Å². The lowest BCUT2D eigenvalue weighted by Crippen LogP contribution is -2.09. The minimum Gasteiger partial charge on any atom is -0.311 e. The van der Waals surface area contributed by atoms with Crippen molar-refractivity contribution >= 4 is 17.1 Å². The van der Waals surface area contributed by atoms with Gasteiger partial charge in [0, 0.05) is 41.8 Å². The highest BCUT2D eigenvalue weighted by atomic mass is 15.1. The Balaban J connectivity index is 0.849. The van der Waals surface area contributed by atoms with Crippen molar-refractivity contribution in [2.24, 2.45) is 0 Å². The highest BCUT2D eigenvalue weighted by molar-refractivity contribution is 5.82. The number of benzene rings is 5. The molecule has 0 amide bonds. The van der Waals surface area contributed by atoms with E-state index in [9.17, 15) is 0 Å². The molecule has 7 heteroatoms. The van der Waals surface area contributed by atoms with Crippen LogP contribution in [0.15, 0.2) is 249 Å². The van der Waals surface area contributed by atoms with Gasteiger partial charge in [0.15, 0.2) is 0 Å². The number of aromatic nitrogens is 6. The third-order valence-corrected chi connectivity index (χ3v) is 11.7. The fraction of sp³-hybridized carbons (Fsp3) is 0. The number of hydrogen-bond acceptors (Lipinski definition) is 7. The molecule has 67 heavy (non-hydrogen) atoms. The first-order valence-corrected chi connectivity index (χ1v) is 22.2. The van der Waals surface area contributed by atoms with Crippen molar-refractivity contribution in [3.63, 3.8) is 0 Å². The van der Waals surface area contributed by atoms with E-state index in [2.05, 4.69) is 176 Å². The molecule has 0 radical (unpaired) electrons. The number of anilines is 3. The monoisotopic (exact) mass is 859 g/mol. The first-order chi connectivity index (χ1) is 33.2.